The fraction of sp³-hybridized carbons (Fsp3) is 0.333. The van der Waals surface area contributed by atoms with Crippen LogP contribution in [0.1, 0.15) is 22.8 Å². The van der Waals surface area contributed by atoms with Crippen LogP contribution in [0.15, 0.2) is 18.2 Å². The molecule has 5 nitrogen and oxygen atoms in total. The van der Waals surface area contributed by atoms with Gasteiger partial charge >= 0.3 is 5.97 Å². The molecular formula is C12H15FN2O3. The van der Waals surface area contributed by atoms with Gasteiger partial charge in [-0.15, -0.1) is 0 Å². The van der Waals surface area contributed by atoms with E-state index in [0.717, 1.165) is 0 Å². The first-order chi connectivity index (χ1) is 8.54. The monoisotopic (exact) mass is 254 g/mol. The summed E-state index contributed by atoms with van der Waals surface area (Å²) in [6.07, 6.45) is 0. The van der Waals surface area contributed by atoms with E-state index in [0.29, 0.717) is 6.61 Å². The van der Waals surface area contributed by atoms with Crippen LogP contribution in [0.25, 0.3) is 0 Å². The van der Waals surface area contributed by atoms with Crippen LogP contribution in [0.2, 0.25) is 0 Å². The van der Waals surface area contributed by atoms with E-state index in [9.17, 15) is 14.0 Å². The summed E-state index contributed by atoms with van der Waals surface area (Å²) in [6, 6.07) is 3.84. The first-order valence-electron chi connectivity index (χ1n) is 5.49. The number of nitrogens with one attached hydrogen (secondary N) is 1. The van der Waals surface area contributed by atoms with Crippen LogP contribution in [0, 0.1) is 5.82 Å². The molecule has 98 valence electrons. The van der Waals surface area contributed by atoms with Crippen LogP contribution in [-0.4, -0.2) is 25.0 Å². The smallest absolute Gasteiger partial charge is 0.319 e. The Morgan fingerprint density at radius 2 is 2.17 bits per heavy atom. The highest BCUT2D eigenvalue weighted by atomic mass is 19.1. The number of halogens is 1. The molecule has 3 N–H and O–H groups in total. The minimum absolute atomic E-state index is 0.0198. The van der Waals surface area contributed by atoms with E-state index < -0.39 is 17.7 Å². The highest BCUT2D eigenvalue weighted by Gasteiger charge is 2.08. The number of carbonyl (C=O) groups is 2. The second-order valence-corrected chi connectivity index (χ2v) is 3.58. The van der Waals surface area contributed by atoms with Gasteiger partial charge in [-0.25, -0.2) is 4.39 Å². The number of carbonyl (C=O) groups excluding carboxylic acids is 2. The zero-order valence-electron chi connectivity index (χ0n) is 10.0. The standard InChI is InChI=1S/C12H15FN2O3/c1-2-18-11(16)7-15-6-9-5-8(12(14)17)3-4-10(9)13/h3-5,15H,2,6-7H2,1H3,(H2,14,17). The van der Waals surface area contributed by atoms with Crippen molar-refractivity contribution in [2.24, 2.45) is 5.73 Å². The van der Waals surface area contributed by atoms with E-state index in [1.807, 2.05) is 0 Å². The molecule has 0 aliphatic heterocycles. The zero-order valence-corrected chi connectivity index (χ0v) is 10.0. The molecule has 0 unspecified atom stereocenters. The third-order valence-corrected chi connectivity index (χ3v) is 2.22. The summed E-state index contributed by atoms with van der Waals surface area (Å²) >= 11 is 0. The topological polar surface area (TPSA) is 81.4 Å². The van der Waals surface area contributed by atoms with E-state index in [2.05, 4.69) is 5.32 Å². The van der Waals surface area contributed by atoms with Gasteiger partial charge in [-0.1, -0.05) is 0 Å². The van der Waals surface area contributed by atoms with Gasteiger partial charge in [0.15, 0.2) is 0 Å². The largest absolute Gasteiger partial charge is 0.465 e. The number of benzene rings is 1. The lowest BCUT2D eigenvalue weighted by atomic mass is 10.1. The second-order valence-electron chi connectivity index (χ2n) is 3.58. The first-order valence-corrected chi connectivity index (χ1v) is 5.49. The number of amides is 1. The molecule has 18 heavy (non-hydrogen) atoms. The van der Waals surface area contributed by atoms with Crippen LogP contribution >= 0.6 is 0 Å². The molecule has 6 heteroatoms. The number of ether oxygens (including phenoxy) is 1. The SMILES string of the molecule is CCOC(=O)CNCc1cc(C(N)=O)ccc1F. The zero-order chi connectivity index (χ0) is 13.5. The molecule has 0 atom stereocenters. The average Bonchev–Trinajstić information content (AvgIpc) is 2.31. The molecule has 0 aliphatic carbocycles. The van der Waals surface area contributed by atoms with Gasteiger partial charge in [0.1, 0.15) is 5.82 Å². The molecule has 0 fully saturated rings. The molecule has 1 rings (SSSR count). The molecule has 0 bridgehead atoms. The summed E-state index contributed by atoms with van der Waals surface area (Å²) in [7, 11) is 0. The summed E-state index contributed by atoms with van der Waals surface area (Å²) < 4.78 is 18.1. The summed E-state index contributed by atoms with van der Waals surface area (Å²) in [5.74, 6) is -1.50. The van der Waals surface area contributed by atoms with Gasteiger partial charge in [0.2, 0.25) is 5.91 Å². The molecule has 0 spiro atoms. The lowest BCUT2D eigenvalue weighted by Crippen LogP contribution is -2.25. The summed E-state index contributed by atoms with van der Waals surface area (Å²) in [6.45, 7) is 2.10. The summed E-state index contributed by atoms with van der Waals surface area (Å²) in [4.78, 5) is 22.0. The van der Waals surface area contributed by atoms with Gasteiger partial charge in [-0.05, 0) is 25.1 Å². The molecule has 1 aromatic carbocycles. The molecule has 0 aliphatic rings. The van der Waals surface area contributed by atoms with Crippen LogP contribution in [0.3, 0.4) is 0 Å². The number of primary amides is 1. The van der Waals surface area contributed by atoms with Crippen molar-refractivity contribution in [3.63, 3.8) is 0 Å². The highest BCUT2D eigenvalue weighted by molar-refractivity contribution is 5.92. The molecule has 0 radical (unpaired) electrons. The fourth-order valence-electron chi connectivity index (χ4n) is 1.37. The van der Waals surface area contributed by atoms with Gasteiger partial charge in [-0.2, -0.15) is 0 Å². The van der Waals surface area contributed by atoms with E-state index in [4.69, 9.17) is 10.5 Å². The van der Waals surface area contributed by atoms with E-state index in [1.165, 1.54) is 18.2 Å². The molecular weight excluding hydrogens is 239 g/mol. The van der Waals surface area contributed by atoms with Crippen molar-refractivity contribution in [1.29, 1.82) is 0 Å². The Bertz CT molecular complexity index is 449. The Morgan fingerprint density at radius 1 is 1.44 bits per heavy atom. The van der Waals surface area contributed by atoms with Crippen molar-refractivity contribution in [3.05, 3.63) is 35.1 Å². The minimum Gasteiger partial charge on any atom is -0.465 e. The van der Waals surface area contributed by atoms with Gasteiger partial charge in [0, 0.05) is 17.7 Å². The van der Waals surface area contributed by atoms with E-state index >= 15 is 0 Å². The normalized spacial score (nSPS) is 10.1. The van der Waals surface area contributed by atoms with E-state index in [1.54, 1.807) is 6.92 Å². The van der Waals surface area contributed by atoms with Crippen molar-refractivity contribution in [1.82, 2.24) is 5.32 Å². The number of hydrogen-bond acceptors (Lipinski definition) is 4. The molecule has 0 saturated carbocycles. The molecule has 0 heterocycles. The highest BCUT2D eigenvalue weighted by Crippen LogP contribution is 2.10. The van der Waals surface area contributed by atoms with Gasteiger partial charge < -0.3 is 15.8 Å². The number of hydrogen-bond donors (Lipinski definition) is 2. The first kappa shape index (κ1) is 14.1. The maximum atomic E-state index is 13.4. The van der Waals surface area contributed by atoms with Crippen LogP contribution in [0.5, 0.6) is 0 Å². The Hall–Kier alpha value is -1.95. The number of esters is 1. The molecule has 0 saturated heterocycles. The molecule has 1 aromatic rings. The quantitative estimate of drug-likeness (QED) is 0.727. The Kier molecular flexibility index (Phi) is 5.26. The maximum absolute atomic E-state index is 13.4. The minimum atomic E-state index is -0.623. The van der Waals surface area contributed by atoms with Crippen molar-refractivity contribution in [2.45, 2.75) is 13.5 Å². The Labute approximate surface area is 104 Å². The van der Waals surface area contributed by atoms with Crippen LogP contribution in [0.4, 0.5) is 4.39 Å². The Morgan fingerprint density at radius 3 is 2.78 bits per heavy atom. The lowest BCUT2D eigenvalue weighted by Gasteiger charge is -2.07. The lowest BCUT2D eigenvalue weighted by molar-refractivity contribution is -0.142. The third-order valence-electron chi connectivity index (χ3n) is 2.22. The van der Waals surface area contributed by atoms with Crippen molar-refractivity contribution < 1.29 is 18.7 Å². The number of nitrogens with two attached hydrogens (primary N) is 1. The summed E-state index contributed by atoms with van der Waals surface area (Å²) in [5, 5.41) is 2.73. The third kappa shape index (κ3) is 4.14. The molecule has 0 aromatic heterocycles. The van der Waals surface area contributed by atoms with E-state index in [-0.39, 0.29) is 24.2 Å². The van der Waals surface area contributed by atoms with Crippen molar-refractivity contribution >= 4 is 11.9 Å². The van der Waals surface area contributed by atoms with Gasteiger partial charge in [0.25, 0.3) is 0 Å². The number of rotatable bonds is 6. The average molecular weight is 254 g/mol. The Balaban J connectivity index is 2.58. The van der Waals surface area contributed by atoms with Crippen LogP contribution < -0.4 is 11.1 Å². The van der Waals surface area contributed by atoms with Gasteiger partial charge in [0.05, 0.1) is 13.2 Å². The van der Waals surface area contributed by atoms with Crippen molar-refractivity contribution in [3.8, 4) is 0 Å². The maximum Gasteiger partial charge on any atom is 0.319 e. The van der Waals surface area contributed by atoms with Gasteiger partial charge in [-0.3, -0.25) is 9.59 Å². The second kappa shape index (κ2) is 6.70. The molecule has 1 amide bonds. The predicted molar refractivity (Wildman–Crippen MR) is 63.3 cm³/mol. The predicted octanol–water partition coefficient (Wildman–Crippen LogP) is 0.577. The van der Waals surface area contributed by atoms with Crippen LogP contribution in [-0.2, 0) is 16.1 Å². The summed E-state index contributed by atoms with van der Waals surface area (Å²) in [5.41, 5.74) is 5.59. The van der Waals surface area contributed by atoms with Crippen molar-refractivity contribution in [2.75, 3.05) is 13.2 Å². The fourth-order valence-corrected chi connectivity index (χ4v) is 1.37.